The number of nitrogens with one attached hydrogen (secondary N) is 1. The second-order valence-corrected chi connectivity index (χ2v) is 5.39. The van der Waals surface area contributed by atoms with Gasteiger partial charge in [-0.3, -0.25) is 0 Å². The van der Waals surface area contributed by atoms with Crippen molar-refractivity contribution in [1.82, 2.24) is 20.1 Å². The summed E-state index contributed by atoms with van der Waals surface area (Å²) in [5.41, 5.74) is 3.20. The third kappa shape index (κ3) is 2.72. The zero-order valence-electron chi connectivity index (χ0n) is 11.7. The molecule has 2 aromatic rings. The molecule has 102 valence electrons. The molecule has 0 aliphatic carbocycles. The molecule has 0 fully saturated rings. The summed E-state index contributed by atoms with van der Waals surface area (Å²) in [6.45, 7) is 9.21. The summed E-state index contributed by atoms with van der Waals surface area (Å²) >= 11 is 3.56. The first-order valence-electron chi connectivity index (χ1n) is 6.46. The molecule has 0 aliphatic rings. The van der Waals surface area contributed by atoms with Gasteiger partial charge >= 0.3 is 0 Å². The van der Waals surface area contributed by atoms with Crippen molar-refractivity contribution in [2.24, 2.45) is 0 Å². The van der Waals surface area contributed by atoms with Crippen molar-refractivity contribution in [2.75, 3.05) is 6.54 Å². The number of rotatable bonds is 4. The van der Waals surface area contributed by atoms with Gasteiger partial charge in [0.25, 0.3) is 0 Å². The fourth-order valence-electron chi connectivity index (χ4n) is 2.17. The molecule has 2 heterocycles. The summed E-state index contributed by atoms with van der Waals surface area (Å²) in [6.07, 6.45) is 1.81. The van der Waals surface area contributed by atoms with Crippen molar-refractivity contribution < 1.29 is 0 Å². The number of pyridine rings is 1. The first kappa shape index (κ1) is 14.2. The summed E-state index contributed by atoms with van der Waals surface area (Å²) < 4.78 is 2.95. The van der Waals surface area contributed by atoms with Crippen molar-refractivity contribution in [1.29, 1.82) is 0 Å². The maximum atomic E-state index is 4.56. The van der Waals surface area contributed by atoms with Crippen LogP contribution in [0.4, 0.5) is 0 Å². The van der Waals surface area contributed by atoms with Crippen LogP contribution in [0.5, 0.6) is 0 Å². The van der Waals surface area contributed by atoms with E-state index in [2.05, 4.69) is 51.2 Å². The molecule has 2 rings (SSSR count). The molecular formula is C14H19BrN4. The summed E-state index contributed by atoms with van der Waals surface area (Å²) in [6, 6.07) is 4.31. The van der Waals surface area contributed by atoms with Crippen LogP contribution in [0.1, 0.15) is 36.8 Å². The Hall–Kier alpha value is -1.20. The van der Waals surface area contributed by atoms with Crippen LogP contribution in [0.2, 0.25) is 0 Å². The average Bonchev–Trinajstić information content (AvgIpc) is 2.67. The van der Waals surface area contributed by atoms with E-state index in [1.54, 1.807) is 0 Å². The van der Waals surface area contributed by atoms with Crippen LogP contribution >= 0.6 is 15.9 Å². The molecule has 19 heavy (non-hydrogen) atoms. The predicted molar refractivity (Wildman–Crippen MR) is 80.6 cm³/mol. The normalized spacial score (nSPS) is 12.7. The second-order valence-electron chi connectivity index (χ2n) is 4.59. The van der Waals surface area contributed by atoms with Gasteiger partial charge in [0.2, 0.25) is 0 Å². The standard InChI is InChI=1S/C14H19BrN4/c1-5-16-9(2)12-7-6-8-17-14(12)19-11(4)13(15)10(3)18-19/h6-9,16H,5H2,1-4H3. The zero-order valence-corrected chi connectivity index (χ0v) is 13.3. The van der Waals surface area contributed by atoms with E-state index in [-0.39, 0.29) is 6.04 Å². The van der Waals surface area contributed by atoms with Crippen molar-refractivity contribution in [2.45, 2.75) is 33.7 Å². The van der Waals surface area contributed by atoms with Gasteiger partial charge in [-0.05, 0) is 49.3 Å². The number of hydrogen-bond acceptors (Lipinski definition) is 3. The Morgan fingerprint density at radius 1 is 1.42 bits per heavy atom. The molecule has 1 atom stereocenters. The van der Waals surface area contributed by atoms with Crippen LogP contribution in [0.25, 0.3) is 5.82 Å². The van der Waals surface area contributed by atoms with Gasteiger partial charge in [0, 0.05) is 17.8 Å². The van der Waals surface area contributed by atoms with Gasteiger partial charge in [-0.2, -0.15) is 5.10 Å². The maximum absolute atomic E-state index is 4.56. The molecule has 0 aliphatic heterocycles. The van der Waals surface area contributed by atoms with Crippen LogP contribution in [0, 0.1) is 13.8 Å². The number of hydrogen-bond donors (Lipinski definition) is 1. The number of halogens is 1. The van der Waals surface area contributed by atoms with Gasteiger partial charge in [0.05, 0.1) is 15.9 Å². The van der Waals surface area contributed by atoms with Gasteiger partial charge in [-0.1, -0.05) is 13.0 Å². The van der Waals surface area contributed by atoms with Crippen LogP contribution in [-0.4, -0.2) is 21.3 Å². The fourth-order valence-corrected chi connectivity index (χ4v) is 2.42. The van der Waals surface area contributed by atoms with Gasteiger partial charge in [-0.25, -0.2) is 9.67 Å². The summed E-state index contributed by atoms with van der Waals surface area (Å²) in [4.78, 5) is 4.51. The Bertz CT molecular complexity index is 577. The molecule has 4 nitrogen and oxygen atoms in total. The maximum Gasteiger partial charge on any atom is 0.158 e. The average molecular weight is 323 g/mol. The van der Waals surface area contributed by atoms with Gasteiger partial charge in [0.15, 0.2) is 5.82 Å². The molecule has 0 aromatic carbocycles. The molecule has 5 heteroatoms. The summed E-state index contributed by atoms with van der Waals surface area (Å²) in [5, 5.41) is 7.98. The quantitative estimate of drug-likeness (QED) is 0.939. The van der Waals surface area contributed by atoms with E-state index in [0.717, 1.165) is 33.8 Å². The van der Waals surface area contributed by atoms with E-state index in [0.29, 0.717) is 0 Å². The van der Waals surface area contributed by atoms with Crippen LogP contribution in [0.15, 0.2) is 22.8 Å². The Kier molecular flexibility index (Phi) is 4.37. The van der Waals surface area contributed by atoms with Crippen molar-refractivity contribution >= 4 is 15.9 Å². The smallest absolute Gasteiger partial charge is 0.158 e. The minimum absolute atomic E-state index is 0.247. The monoisotopic (exact) mass is 322 g/mol. The van der Waals surface area contributed by atoms with Gasteiger partial charge in [0.1, 0.15) is 0 Å². The molecule has 0 spiro atoms. The minimum Gasteiger partial charge on any atom is -0.310 e. The lowest BCUT2D eigenvalue weighted by molar-refractivity contribution is 0.588. The highest BCUT2D eigenvalue weighted by Gasteiger charge is 2.16. The molecule has 0 saturated carbocycles. The molecule has 2 aromatic heterocycles. The third-order valence-corrected chi connectivity index (χ3v) is 4.34. The Morgan fingerprint density at radius 2 is 2.16 bits per heavy atom. The van der Waals surface area contributed by atoms with Crippen molar-refractivity contribution in [3.63, 3.8) is 0 Å². The number of aryl methyl sites for hydroxylation is 1. The van der Waals surface area contributed by atoms with Crippen LogP contribution < -0.4 is 5.32 Å². The number of nitrogens with zero attached hydrogens (tertiary/aromatic N) is 3. The molecular weight excluding hydrogens is 304 g/mol. The second kappa shape index (κ2) is 5.84. The molecule has 0 amide bonds. The molecule has 1 N–H and O–H groups in total. The summed E-state index contributed by atoms with van der Waals surface area (Å²) in [5.74, 6) is 0.891. The zero-order chi connectivity index (χ0) is 14.0. The van der Waals surface area contributed by atoms with Gasteiger partial charge < -0.3 is 5.32 Å². The van der Waals surface area contributed by atoms with E-state index >= 15 is 0 Å². The molecule has 0 bridgehead atoms. The first-order chi connectivity index (χ1) is 9.06. The Balaban J connectivity index is 2.53. The van der Waals surface area contributed by atoms with E-state index in [1.165, 1.54) is 0 Å². The highest BCUT2D eigenvalue weighted by atomic mass is 79.9. The molecule has 0 saturated heterocycles. The minimum atomic E-state index is 0.247. The highest BCUT2D eigenvalue weighted by molar-refractivity contribution is 9.10. The predicted octanol–water partition coefficient (Wildman–Crippen LogP) is 3.32. The van der Waals surface area contributed by atoms with Crippen LogP contribution in [-0.2, 0) is 0 Å². The molecule has 1 unspecified atom stereocenters. The Labute approximate surface area is 122 Å². The first-order valence-corrected chi connectivity index (χ1v) is 7.26. The largest absolute Gasteiger partial charge is 0.310 e. The lowest BCUT2D eigenvalue weighted by Crippen LogP contribution is -2.20. The van der Waals surface area contributed by atoms with E-state index in [4.69, 9.17) is 0 Å². The van der Waals surface area contributed by atoms with Gasteiger partial charge in [-0.15, -0.1) is 0 Å². The van der Waals surface area contributed by atoms with E-state index in [1.807, 2.05) is 30.8 Å². The fraction of sp³-hybridized carbons (Fsp3) is 0.429. The van der Waals surface area contributed by atoms with Crippen LogP contribution in [0.3, 0.4) is 0 Å². The highest BCUT2D eigenvalue weighted by Crippen LogP contribution is 2.25. The topological polar surface area (TPSA) is 42.7 Å². The van der Waals surface area contributed by atoms with Crippen molar-refractivity contribution in [3.05, 3.63) is 39.8 Å². The summed E-state index contributed by atoms with van der Waals surface area (Å²) in [7, 11) is 0. The van der Waals surface area contributed by atoms with Crippen molar-refractivity contribution in [3.8, 4) is 5.82 Å². The third-order valence-electron chi connectivity index (χ3n) is 3.20. The van der Waals surface area contributed by atoms with E-state index < -0.39 is 0 Å². The lowest BCUT2D eigenvalue weighted by atomic mass is 10.1. The lowest BCUT2D eigenvalue weighted by Gasteiger charge is -2.16. The number of aromatic nitrogens is 3. The van der Waals surface area contributed by atoms with E-state index in [9.17, 15) is 0 Å². The molecule has 0 radical (unpaired) electrons. The Morgan fingerprint density at radius 3 is 2.74 bits per heavy atom. The SMILES string of the molecule is CCNC(C)c1cccnc1-n1nc(C)c(Br)c1C.